The van der Waals surface area contributed by atoms with Crippen LogP contribution in [0.1, 0.15) is 29.8 Å². The number of hydrogen-bond acceptors (Lipinski definition) is 4. The molecular weight excluding hydrogens is 268 g/mol. The molecule has 1 fully saturated rings. The van der Waals surface area contributed by atoms with Gasteiger partial charge in [0.25, 0.3) is 5.91 Å². The van der Waals surface area contributed by atoms with Gasteiger partial charge in [-0.15, -0.1) is 0 Å². The van der Waals surface area contributed by atoms with Crippen molar-refractivity contribution in [3.8, 4) is 0 Å². The van der Waals surface area contributed by atoms with Crippen LogP contribution in [0.2, 0.25) is 5.15 Å². The molecule has 1 aromatic rings. The third-order valence-corrected chi connectivity index (χ3v) is 3.10. The first-order valence-electron chi connectivity index (χ1n) is 6.20. The van der Waals surface area contributed by atoms with Gasteiger partial charge in [-0.3, -0.25) is 14.6 Å². The molecule has 1 aromatic heterocycles. The molecule has 0 saturated carbocycles. The number of hydrogen-bond donors (Lipinski definition) is 1. The van der Waals surface area contributed by atoms with E-state index in [4.69, 9.17) is 11.6 Å². The number of likely N-dealkylation sites (tertiary alicyclic amines) is 1. The molecule has 0 aliphatic carbocycles. The van der Waals surface area contributed by atoms with Crippen LogP contribution in [0.25, 0.3) is 0 Å². The molecular formula is C12H15ClN4O2. The Morgan fingerprint density at radius 3 is 2.74 bits per heavy atom. The van der Waals surface area contributed by atoms with Crippen molar-refractivity contribution in [1.82, 2.24) is 20.2 Å². The van der Waals surface area contributed by atoms with E-state index in [2.05, 4.69) is 15.3 Å². The summed E-state index contributed by atoms with van der Waals surface area (Å²) in [6, 6.07) is 0. The number of aromatic nitrogens is 2. The van der Waals surface area contributed by atoms with E-state index in [1.54, 1.807) is 0 Å². The third kappa shape index (κ3) is 3.89. The largest absolute Gasteiger partial charge is 0.350 e. The van der Waals surface area contributed by atoms with Crippen LogP contribution in [-0.4, -0.2) is 46.3 Å². The number of carbonyl (C=O) groups excluding carboxylic acids is 2. The van der Waals surface area contributed by atoms with Gasteiger partial charge in [-0.2, -0.15) is 0 Å². The monoisotopic (exact) mass is 282 g/mol. The summed E-state index contributed by atoms with van der Waals surface area (Å²) < 4.78 is 0. The van der Waals surface area contributed by atoms with E-state index in [0.29, 0.717) is 13.0 Å². The van der Waals surface area contributed by atoms with Crippen molar-refractivity contribution in [2.45, 2.75) is 19.3 Å². The van der Waals surface area contributed by atoms with Crippen molar-refractivity contribution in [1.29, 1.82) is 0 Å². The lowest BCUT2D eigenvalue weighted by Crippen LogP contribution is -2.33. The Bertz CT molecular complexity index is 475. The zero-order chi connectivity index (χ0) is 13.7. The van der Waals surface area contributed by atoms with Crippen molar-refractivity contribution < 1.29 is 9.59 Å². The Balaban J connectivity index is 1.76. The minimum atomic E-state index is -0.371. The Hall–Kier alpha value is -1.69. The maximum absolute atomic E-state index is 11.7. The highest BCUT2D eigenvalue weighted by molar-refractivity contribution is 6.29. The number of nitrogens with zero attached hydrogens (tertiary/aromatic N) is 3. The summed E-state index contributed by atoms with van der Waals surface area (Å²) in [6.07, 6.45) is 5.13. The summed E-state index contributed by atoms with van der Waals surface area (Å²) >= 11 is 5.65. The highest BCUT2D eigenvalue weighted by Crippen LogP contribution is 2.08. The Morgan fingerprint density at radius 2 is 2.05 bits per heavy atom. The summed E-state index contributed by atoms with van der Waals surface area (Å²) in [5.74, 6) is -0.292. The topological polar surface area (TPSA) is 75.2 Å². The molecule has 0 atom stereocenters. The summed E-state index contributed by atoms with van der Waals surface area (Å²) in [5.41, 5.74) is 0.154. The first-order valence-corrected chi connectivity index (χ1v) is 6.58. The van der Waals surface area contributed by atoms with E-state index in [-0.39, 0.29) is 22.7 Å². The third-order valence-electron chi connectivity index (χ3n) is 2.92. The fourth-order valence-electron chi connectivity index (χ4n) is 1.95. The van der Waals surface area contributed by atoms with Crippen LogP contribution in [0, 0.1) is 0 Å². The molecule has 102 valence electrons. The summed E-state index contributed by atoms with van der Waals surface area (Å²) in [7, 11) is 0. The highest BCUT2D eigenvalue weighted by Gasteiger charge is 2.17. The first-order chi connectivity index (χ1) is 9.16. The minimum Gasteiger partial charge on any atom is -0.350 e. The van der Waals surface area contributed by atoms with E-state index in [9.17, 15) is 9.59 Å². The molecule has 0 bridgehead atoms. The van der Waals surface area contributed by atoms with E-state index in [1.807, 2.05) is 4.90 Å². The lowest BCUT2D eigenvalue weighted by atomic mass is 10.3. The maximum atomic E-state index is 11.7. The maximum Gasteiger partial charge on any atom is 0.271 e. The SMILES string of the molecule is O=C(NCCC(=O)N1CCCC1)c1cncc(Cl)n1. The van der Waals surface area contributed by atoms with Gasteiger partial charge in [0, 0.05) is 26.1 Å². The normalized spacial score (nSPS) is 14.5. The van der Waals surface area contributed by atoms with Gasteiger partial charge in [-0.05, 0) is 12.8 Å². The quantitative estimate of drug-likeness (QED) is 0.889. The van der Waals surface area contributed by atoms with Gasteiger partial charge in [0.2, 0.25) is 5.91 Å². The van der Waals surface area contributed by atoms with Gasteiger partial charge < -0.3 is 10.2 Å². The van der Waals surface area contributed by atoms with Crippen LogP contribution in [0.5, 0.6) is 0 Å². The standard InChI is InChI=1S/C12H15ClN4O2/c13-10-8-14-7-9(16-10)12(19)15-4-3-11(18)17-5-1-2-6-17/h7-8H,1-6H2,(H,15,19). The molecule has 2 heterocycles. The van der Waals surface area contributed by atoms with E-state index < -0.39 is 0 Å². The van der Waals surface area contributed by atoms with Crippen LogP contribution >= 0.6 is 11.6 Å². The molecule has 19 heavy (non-hydrogen) atoms. The molecule has 1 N–H and O–H groups in total. The number of nitrogens with one attached hydrogen (secondary N) is 1. The molecule has 2 rings (SSSR count). The number of carbonyl (C=O) groups is 2. The van der Waals surface area contributed by atoms with E-state index >= 15 is 0 Å². The van der Waals surface area contributed by atoms with Gasteiger partial charge in [0.1, 0.15) is 10.8 Å². The average Bonchev–Trinajstić information content (AvgIpc) is 2.92. The van der Waals surface area contributed by atoms with Gasteiger partial charge in [0.15, 0.2) is 0 Å². The van der Waals surface area contributed by atoms with Crippen molar-refractivity contribution in [3.05, 3.63) is 23.2 Å². The van der Waals surface area contributed by atoms with Crippen LogP contribution < -0.4 is 5.32 Å². The second-order valence-electron chi connectivity index (χ2n) is 4.32. The van der Waals surface area contributed by atoms with Gasteiger partial charge in [-0.25, -0.2) is 4.98 Å². The molecule has 2 amide bonds. The van der Waals surface area contributed by atoms with Gasteiger partial charge in [-0.1, -0.05) is 11.6 Å². The lowest BCUT2D eigenvalue weighted by Gasteiger charge is -2.15. The summed E-state index contributed by atoms with van der Waals surface area (Å²) in [6.45, 7) is 1.95. The number of rotatable bonds is 4. The van der Waals surface area contributed by atoms with Crippen molar-refractivity contribution >= 4 is 23.4 Å². The zero-order valence-electron chi connectivity index (χ0n) is 10.4. The predicted octanol–water partition coefficient (Wildman–Crippen LogP) is 0.872. The molecule has 0 radical (unpaired) electrons. The molecule has 1 saturated heterocycles. The first kappa shape index (κ1) is 13.7. The summed E-state index contributed by atoms with van der Waals surface area (Å²) in [4.78, 5) is 32.9. The van der Waals surface area contributed by atoms with Crippen molar-refractivity contribution in [2.75, 3.05) is 19.6 Å². The number of halogens is 1. The van der Waals surface area contributed by atoms with Crippen LogP contribution in [0.3, 0.4) is 0 Å². The Labute approximate surface area is 116 Å². The number of amides is 2. The van der Waals surface area contributed by atoms with Gasteiger partial charge >= 0.3 is 0 Å². The van der Waals surface area contributed by atoms with Crippen molar-refractivity contribution in [3.63, 3.8) is 0 Å². The predicted molar refractivity (Wildman–Crippen MR) is 69.8 cm³/mol. The molecule has 6 nitrogen and oxygen atoms in total. The smallest absolute Gasteiger partial charge is 0.271 e. The lowest BCUT2D eigenvalue weighted by molar-refractivity contribution is -0.129. The molecule has 7 heteroatoms. The molecule has 0 spiro atoms. The van der Waals surface area contributed by atoms with E-state index in [0.717, 1.165) is 25.9 Å². The molecule has 1 aliphatic rings. The van der Waals surface area contributed by atoms with Crippen LogP contribution in [-0.2, 0) is 4.79 Å². The average molecular weight is 283 g/mol. The molecule has 0 aromatic carbocycles. The second-order valence-corrected chi connectivity index (χ2v) is 4.71. The zero-order valence-corrected chi connectivity index (χ0v) is 11.2. The minimum absolute atomic E-state index is 0.0787. The fraction of sp³-hybridized carbons (Fsp3) is 0.500. The van der Waals surface area contributed by atoms with Crippen molar-refractivity contribution in [2.24, 2.45) is 0 Å². The van der Waals surface area contributed by atoms with Crippen LogP contribution in [0.4, 0.5) is 0 Å². The second kappa shape index (κ2) is 6.47. The van der Waals surface area contributed by atoms with E-state index in [1.165, 1.54) is 12.4 Å². The molecule has 1 aliphatic heterocycles. The Kier molecular flexibility index (Phi) is 4.68. The van der Waals surface area contributed by atoms with Crippen LogP contribution in [0.15, 0.2) is 12.4 Å². The molecule has 0 unspecified atom stereocenters. The van der Waals surface area contributed by atoms with Gasteiger partial charge in [0.05, 0.1) is 12.4 Å². The Morgan fingerprint density at radius 1 is 1.32 bits per heavy atom. The summed E-state index contributed by atoms with van der Waals surface area (Å²) in [5, 5.41) is 2.80. The highest BCUT2D eigenvalue weighted by atomic mass is 35.5. The fourth-order valence-corrected chi connectivity index (χ4v) is 2.10.